The van der Waals surface area contributed by atoms with Crippen molar-refractivity contribution in [1.82, 2.24) is 4.90 Å². The van der Waals surface area contributed by atoms with E-state index in [1.165, 1.54) is 4.90 Å². The van der Waals surface area contributed by atoms with Gasteiger partial charge in [0.2, 0.25) is 0 Å². The van der Waals surface area contributed by atoms with Crippen molar-refractivity contribution in [2.75, 3.05) is 25.1 Å². The lowest BCUT2D eigenvalue weighted by atomic mass is 9.80. The number of piperidine rings is 1. The van der Waals surface area contributed by atoms with Gasteiger partial charge in [0.25, 0.3) is 0 Å². The number of hydrogen-bond acceptors (Lipinski definition) is 5. The van der Waals surface area contributed by atoms with E-state index in [9.17, 15) is 23.1 Å². The van der Waals surface area contributed by atoms with Crippen LogP contribution in [0.2, 0.25) is 0 Å². The minimum Gasteiger partial charge on any atom is -0.481 e. The number of sulfone groups is 1. The van der Waals surface area contributed by atoms with E-state index in [1.54, 1.807) is 0 Å². The van der Waals surface area contributed by atoms with Crippen molar-refractivity contribution in [3.63, 3.8) is 0 Å². The first-order valence-corrected chi connectivity index (χ1v) is 9.65. The predicted octanol–water partition coefficient (Wildman–Crippen LogP) is 1.53. The van der Waals surface area contributed by atoms with Gasteiger partial charge in [-0.05, 0) is 18.4 Å². The zero-order valence-corrected chi connectivity index (χ0v) is 14.3. The Hall–Kier alpha value is -2.09. The number of carboxylic acid groups (broad SMARTS) is 1. The maximum atomic E-state index is 12.1. The molecule has 1 fully saturated rings. The molecular weight excluding hydrogens is 334 g/mol. The quantitative estimate of drug-likeness (QED) is 0.860. The molecule has 1 aromatic carbocycles. The Morgan fingerprint density at radius 2 is 1.79 bits per heavy atom. The van der Waals surface area contributed by atoms with E-state index < -0.39 is 33.1 Å². The third-order valence-electron chi connectivity index (χ3n) is 4.18. The summed E-state index contributed by atoms with van der Waals surface area (Å²) in [4.78, 5) is 25.0. The lowest BCUT2D eigenvalue weighted by molar-refractivity contribution is -0.150. The Morgan fingerprint density at radius 1 is 1.21 bits per heavy atom. The van der Waals surface area contributed by atoms with Crippen LogP contribution in [0.25, 0.3) is 0 Å². The molecule has 1 saturated heterocycles. The van der Waals surface area contributed by atoms with Crippen LogP contribution >= 0.6 is 0 Å². The second kappa shape index (κ2) is 7.21. The van der Waals surface area contributed by atoms with E-state index in [0.717, 1.165) is 11.8 Å². The lowest BCUT2D eigenvalue weighted by Gasteiger charge is -2.37. The van der Waals surface area contributed by atoms with Crippen molar-refractivity contribution in [1.29, 1.82) is 0 Å². The Morgan fingerprint density at radius 3 is 2.29 bits per heavy atom. The maximum absolute atomic E-state index is 12.1. The summed E-state index contributed by atoms with van der Waals surface area (Å²) in [6.07, 6.45) is 0.696. The van der Waals surface area contributed by atoms with E-state index in [0.29, 0.717) is 0 Å². The van der Waals surface area contributed by atoms with Crippen LogP contribution in [-0.2, 0) is 26.0 Å². The number of amides is 1. The Kier molecular flexibility index (Phi) is 5.48. The summed E-state index contributed by atoms with van der Waals surface area (Å²) >= 11 is 0. The van der Waals surface area contributed by atoms with E-state index in [4.69, 9.17) is 4.74 Å². The summed E-state index contributed by atoms with van der Waals surface area (Å²) < 4.78 is 28.2. The topological polar surface area (TPSA) is 101 Å². The number of rotatable bonds is 5. The molecule has 0 atom stereocenters. The fourth-order valence-electron chi connectivity index (χ4n) is 2.85. The molecule has 0 saturated carbocycles. The molecule has 0 radical (unpaired) electrons. The molecule has 1 aromatic rings. The number of ether oxygens (including phenoxy) is 1. The monoisotopic (exact) mass is 355 g/mol. The first-order valence-electron chi connectivity index (χ1n) is 7.59. The van der Waals surface area contributed by atoms with Crippen LogP contribution < -0.4 is 0 Å². The van der Waals surface area contributed by atoms with Gasteiger partial charge in [-0.2, -0.15) is 0 Å². The van der Waals surface area contributed by atoms with Gasteiger partial charge in [-0.15, -0.1) is 0 Å². The van der Waals surface area contributed by atoms with Gasteiger partial charge >= 0.3 is 12.1 Å². The molecule has 0 bridgehead atoms. The predicted molar refractivity (Wildman–Crippen MR) is 87.2 cm³/mol. The van der Waals surface area contributed by atoms with Gasteiger partial charge < -0.3 is 14.7 Å². The highest BCUT2D eigenvalue weighted by atomic mass is 32.2. The zero-order chi connectivity index (χ0) is 17.8. The fraction of sp³-hybridized carbons (Fsp3) is 0.500. The number of benzene rings is 1. The van der Waals surface area contributed by atoms with Crippen molar-refractivity contribution >= 4 is 21.9 Å². The van der Waals surface area contributed by atoms with Crippen molar-refractivity contribution in [3.8, 4) is 0 Å². The molecule has 132 valence electrons. The van der Waals surface area contributed by atoms with E-state index in [1.807, 2.05) is 30.3 Å². The van der Waals surface area contributed by atoms with Crippen molar-refractivity contribution < 1.29 is 27.9 Å². The number of likely N-dealkylation sites (tertiary alicyclic amines) is 1. The van der Waals surface area contributed by atoms with Gasteiger partial charge in [0.15, 0.2) is 0 Å². The molecule has 24 heavy (non-hydrogen) atoms. The maximum Gasteiger partial charge on any atom is 0.410 e. The zero-order valence-electron chi connectivity index (χ0n) is 13.5. The molecule has 7 nitrogen and oxygen atoms in total. The van der Waals surface area contributed by atoms with E-state index >= 15 is 0 Å². The number of carboxylic acids is 1. The third-order valence-corrected chi connectivity index (χ3v) is 5.25. The van der Waals surface area contributed by atoms with Gasteiger partial charge in [0, 0.05) is 19.3 Å². The standard InChI is InChI=1S/C16H21NO6S/c1-24(21,22)12-16(14(18)19)7-9-17(10-8-16)15(20)23-11-13-5-3-2-4-6-13/h2-6H,7-12H2,1H3,(H,18,19). The van der Waals surface area contributed by atoms with Gasteiger partial charge in [-0.3, -0.25) is 4.79 Å². The van der Waals surface area contributed by atoms with Crippen LogP contribution in [0.15, 0.2) is 30.3 Å². The fourth-order valence-corrected chi connectivity index (χ4v) is 4.27. The second-order valence-electron chi connectivity index (χ2n) is 6.18. The molecule has 0 aliphatic carbocycles. The highest BCUT2D eigenvalue weighted by molar-refractivity contribution is 7.90. The van der Waals surface area contributed by atoms with Crippen LogP contribution in [0.4, 0.5) is 4.79 Å². The number of hydrogen-bond donors (Lipinski definition) is 1. The summed E-state index contributed by atoms with van der Waals surface area (Å²) in [6.45, 7) is 0.467. The van der Waals surface area contributed by atoms with Crippen LogP contribution in [0.3, 0.4) is 0 Å². The molecule has 2 rings (SSSR count). The Balaban J connectivity index is 1.93. The lowest BCUT2D eigenvalue weighted by Crippen LogP contribution is -2.49. The van der Waals surface area contributed by atoms with Crippen molar-refractivity contribution in [2.24, 2.45) is 5.41 Å². The first kappa shape index (κ1) is 18.3. The molecule has 0 spiro atoms. The SMILES string of the molecule is CS(=O)(=O)CC1(C(=O)O)CCN(C(=O)OCc2ccccc2)CC1. The molecular formula is C16H21NO6S. The van der Waals surface area contributed by atoms with Gasteiger partial charge in [0.05, 0.1) is 11.2 Å². The van der Waals surface area contributed by atoms with Gasteiger partial charge in [-0.1, -0.05) is 30.3 Å². The smallest absolute Gasteiger partial charge is 0.410 e. The minimum atomic E-state index is -3.43. The number of carbonyl (C=O) groups is 2. The second-order valence-corrected chi connectivity index (χ2v) is 8.32. The number of aliphatic carboxylic acids is 1. The van der Waals surface area contributed by atoms with E-state index in [-0.39, 0.29) is 32.5 Å². The van der Waals surface area contributed by atoms with Crippen molar-refractivity contribution in [3.05, 3.63) is 35.9 Å². The normalized spacial score (nSPS) is 17.3. The highest BCUT2D eigenvalue weighted by Gasteiger charge is 2.45. The van der Waals surface area contributed by atoms with Crippen LogP contribution in [-0.4, -0.2) is 55.6 Å². The molecule has 8 heteroatoms. The largest absolute Gasteiger partial charge is 0.481 e. The Bertz CT molecular complexity index is 693. The molecule has 1 aliphatic heterocycles. The van der Waals surface area contributed by atoms with E-state index in [2.05, 4.69) is 0 Å². The van der Waals surface area contributed by atoms with Crippen LogP contribution in [0.1, 0.15) is 18.4 Å². The van der Waals surface area contributed by atoms with Gasteiger partial charge in [-0.25, -0.2) is 13.2 Å². The Labute approximate surface area is 141 Å². The molecule has 0 unspecified atom stereocenters. The summed E-state index contributed by atoms with van der Waals surface area (Å²) in [6, 6.07) is 9.23. The number of carbonyl (C=O) groups excluding carboxylic acids is 1. The van der Waals surface area contributed by atoms with Crippen LogP contribution in [0, 0.1) is 5.41 Å². The highest BCUT2D eigenvalue weighted by Crippen LogP contribution is 2.33. The van der Waals surface area contributed by atoms with Gasteiger partial charge in [0.1, 0.15) is 16.4 Å². The molecule has 1 N–H and O–H groups in total. The number of nitrogens with zero attached hydrogens (tertiary/aromatic N) is 1. The molecule has 1 amide bonds. The summed E-state index contributed by atoms with van der Waals surface area (Å²) in [5.41, 5.74) is -0.469. The third kappa shape index (κ3) is 4.70. The van der Waals surface area contributed by atoms with Crippen LogP contribution in [0.5, 0.6) is 0 Å². The van der Waals surface area contributed by atoms with Crippen molar-refractivity contribution in [2.45, 2.75) is 19.4 Å². The molecule has 0 aromatic heterocycles. The summed E-state index contributed by atoms with van der Waals surface area (Å²) in [5.74, 6) is -1.55. The average Bonchev–Trinajstić information content (AvgIpc) is 2.52. The summed E-state index contributed by atoms with van der Waals surface area (Å²) in [7, 11) is -3.43. The molecule has 1 heterocycles. The first-order chi connectivity index (χ1) is 11.2. The minimum absolute atomic E-state index is 0.0931. The summed E-state index contributed by atoms with van der Waals surface area (Å²) in [5, 5.41) is 9.43. The average molecular weight is 355 g/mol. The molecule has 1 aliphatic rings.